The number of nitrogens with zero attached hydrogens (tertiary/aromatic N) is 1. The van der Waals surface area contributed by atoms with E-state index in [1.807, 2.05) is 0 Å². The Morgan fingerprint density at radius 2 is 2.25 bits per heavy atom. The van der Waals surface area contributed by atoms with Gasteiger partial charge in [-0.05, 0) is 13.0 Å². The van der Waals surface area contributed by atoms with Crippen LogP contribution in [0.25, 0.3) is 10.9 Å². The molecule has 0 unspecified atom stereocenters. The number of halogens is 2. The van der Waals surface area contributed by atoms with Gasteiger partial charge in [-0.15, -0.1) is 0 Å². The second-order valence-corrected chi connectivity index (χ2v) is 3.64. The summed E-state index contributed by atoms with van der Waals surface area (Å²) in [6.07, 6.45) is 1.41. The fourth-order valence-electron chi connectivity index (χ4n) is 1.44. The van der Waals surface area contributed by atoms with Crippen LogP contribution >= 0.6 is 11.6 Å². The Kier molecular flexibility index (Phi) is 2.83. The van der Waals surface area contributed by atoms with E-state index in [2.05, 4.69) is 4.98 Å². The van der Waals surface area contributed by atoms with Crippen LogP contribution in [0.3, 0.4) is 0 Å². The fraction of sp³-hybridized carbons (Fsp3) is 0.182. The highest BCUT2D eigenvalue weighted by Crippen LogP contribution is 2.31. The first-order valence-corrected chi connectivity index (χ1v) is 5.17. The minimum atomic E-state index is -0.456. The standard InChI is InChI=1S/C11H10ClFN2O/c1-2-16-10-3-6-9(4-7(10)13)15-5-8(14)11(6)12/h3-5H,2,14H2,1H3. The third kappa shape index (κ3) is 1.76. The smallest absolute Gasteiger partial charge is 0.167 e. The highest BCUT2D eigenvalue weighted by Gasteiger charge is 2.10. The van der Waals surface area contributed by atoms with Crippen LogP contribution in [0.2, 0.25) is 5.02 Å². The molecular weight excluding hydrogens is 231 g/mol. The Morgan fingerprint density at radius 1 is 1.50 bits per heavy atom. The van der Waals surface area contributed by atoms with Crippen LogP contribution in [0.4, 0.5) is 10.1 Å². The molecule has 1 aromatic heterocycles. The van der Waals surface area contributed by atoms with Crippen molar-refractivity contribution in [1.82, 2.24) is 4.98 Å². The van der Waals surface area contributed by atoms with Gasteiger partial charge in [-0.1, -0.05) is 11.6 Å². The maximum atomic E-state index is 13.5. The summed E-state index contributed by atoms with van der Waals surface area (Å²) in [4.78, 5) is 4.00. The molecule has 1 aromatic carbocycles. The quantitative estimate of drug-likeness (QED) is 0.878. The molecule has 84 valence electrons. The molecule has 0 radical (unpaired) electrons. The minimum Gasteiger partial charge on any atom is -0.491 e. The number of ether oxygens (including phenoxy) is 1. The van der Waals surface area contributed by atoms with Gasteiger partial charge in [0.05, 0.1) is 29.0 Å². The zero-order valence-corrected chi connectivity index (χ0v) is 9.38. The van der Waals surface area contributed by atoms with E-state index in [9.17, 15) is 4.39 Å². The fourth-order valence-corrected chi connectivity index (χ4v) is 1.64. The van der Waals surface area contributed by atoms with Crippen molar-refractivity contribution in [3.05, 3.63) is 29.2 Å². The number of nitrogens with two attached hydrogens (primary N) is 1. The van der Waals surface area contributed by atoms with Crippen molar-refractivity contribution in [2.45, 2.75) is 6.92 Å². The van der Waals surface area contributed by atoms with Crippen molar-refractivity contribution in [2.24, 2.45) is 0 Å². The van der Waals surface area contributed by atoms with E-state index in [1.54, 1.807) is 6.92 Å². The van der Waals surface area contributed by atoms with Crippen molar-refractivity contribution in [3.8, 4) is 5.75 Å². The Hall–Kier alpha value is -1.55. The SMILES string of the molecule is CCOc1cc2c(Cl)c(N)cnc2cc1F. The van der Waals surface area contributed by atoms with Crippen LogP contribution in [0.1, 0.15) is 6.92 Å². The Bertz CT molecular complexity index is 545. The third-order valence-electron chi connectivity index (χ3n) is 2.18. The molecule has 0 amide bonds. The molecule has 2 N–H and O–H groups in total. The molecule has 0 spiro atoms. The minimum absolute atomic E-state index is 0.157. The van der Waals surface area contributed by atoms with Gasteiger partial charge >= 0.3 is 0 Å². The summed E-state index contributed by atoms with van der Waals surface area (Å²) in [7, 11) is 0. The molecule has 3 nitrogen and oxygen atoms in total. The highest BCUT2D eigenvalue weighted by atomic mass is 35.5. The maximum Gasteiger partial charge on any atom is 0.167 e. The van der Waals surface area contributed by atoms with E-state index in [0.29, 0.717) is 28.2 Å². The Morgan fingerprint density at radius 3 is 2.94 bits per heavy atom. The molecule has 1 heterocycles. The maximum absolute atomic E-state index is 13.5. The number of anilines is 1. The van der Waals surface area contributed by atoms with Gasteiger partial charge in [-0.3, -0.25) is 4.98 Å². The molecule has 0 aliphatic carbocycles. The molecule has 0 aliphatic rings. The molecule has 5 heteroatoms. The largest absolute Gasteiger partial charge is 0.491 e. The van der Waals surface area contributed by atoms with Crippen molar-refractivity contribution >= 4 is 28.2 Å². The second kappa shape index (κ2) is 4.14. The zero-order valence-electron chi connectivity index (χ0n) is 8.63. The van der Waals surface area contributed by atoms with Crippen LogP contribution in [0, 0.1) is 5.82 Å². The van der Waals surface area contributed by atoms with Crippen LogP contribution < -0.4 is 10.5 Å². The van der Waals surface area contributed by atoms with Crippen molar-refractivity contribution in [2.75, 3.05) is 12.3 Å². The van der Waals surface area contributed by atoms with Crippen LogP contribution in [0.5, 0.6) is 5.75 Å². The van der Waals surface area contributed by atoms with E-state index in [1.165, 1.54) is 18.3 Å². The van der Waals surface area contributed by atoms with Gasteiger partial charge in [-0.2, -0.15) is 0 Å². The normalized spacial score (nSPS) is 10.7. The summed E-state index contributed by atoms with van der Waals surface area (Å²) in [5.74, 6) is -0.299. The van der Waals surface area contributed by atoms with Crippen molar-refractivity contribution in [3.63, 3.8) is 0 Å². The molecule has 0 bridgehead atoms. The lowest BCUT2D eigenvalue weighted by Gasteiger charge is -2.08. The molecule has 16 heavy (non-hydrogen) atoms. The van der Waals surface area contributed by atoms with Gasteiger partial charge in [0.1, 0.15) is 0 Å². The van der Waals surface area contributed by atoms with Crippen LogP contribution in [0.15, 0.2) is 18.3 Å². The summed E-state index contributed by atoms with van der Waals surface area (Å²) >= 11 is 6.01. The number of pyridine rings is 1. The molecule has 0 aliphatic heterocycles. The van der Waals surface area contributed by atoms with Gasteiger partial charge < -0.3 is 10.5 Å². The van der Waals surface area contributed by atoms with Crippen LogP contribution in [-0.2, 0) is 0 Å². The summed E-state index contributed by atoms with van der Waals surface area (Å²) in [5.41, 5.74) is 6.44. The first kappa shape index (κ1) is 11.0. The summed E-state index contributed by atoms with van der Waals surface area (Å²) in [5, 5.41) is 0.956. The molecule has 0 saturated heterocycles. The average molecular weight is 241 g/mol. The summed E-state index contributed by atoms with van der Waals surface area (Å²) in [6, 6.07) is 2.80. The van der Waals surface area contributed by atoms with E-state index >= 15 is 0 Å². The first-order chi connectivity index (χ1) is 7.63. The number of rotatable bonds is 2. The van der Waals surface area contributed by atoms with Crippen molar-refractivity contribution in [1.29, 1.82) is 0 Å². The summed E-state index contributed by atoms with van der Waals surface area (Å²) in [6.45, 7) is 2.17. The van der Waals surface area contributed by atoms with Crippen LogP contribution in [-0.4, -0.2) is 11.6 Å². The predicted octanol–water partition coefficient (Wildman–Crippen LogP) is 3.01. The predicted molar refractivity (Wildman–Crippen MR) is 62.3 cm³/mol. The molecule has 0 saturated carbocycles. The third-order valence-corrected chi connectivity index (χ3v) is 2.60. The van der Waals surface area contributed by atoms with Crippen molar-refractivity contribution < 1.29 is 9.13 Å². The number of aromatic nitrogens is 1. The molecule has 2 aromatic rings. The lowest BCUT2D eigenvalue weighted by Crippen LogP contribution is -1.96. The lowest BCUT2D eigenvalue weighted by molar-refractivity contribution is 0.322. The van der Waals surface area contributed by atoms with Gasteiger partial charge in [0.2, 0.25) is 0 Å². The Balaban J connectivity index is 2.70. The zero-order chi connectivity index (χ0) is 11.7. The second-order valence-electron chi connectivity index (χ2n) is 3.26. The van der Waals surface area contributed by atoms with Gasteiger partial charge in [-0.25, -0.2) is 4.39 Å². The molecular formula is C11H10ClFN2O. The molecule has 2 rings (SSSR count). The van der Waals surface area contributed by atoms with Gasteiger partial charge in [0.25, 0.3) is 0 Å². The Labute approximate surface area is 97.0 Å². The van der Waals surface area contributed by atoms with Gasteiger partial charge in [0, 0.05) is 11.5 Å². The van der Waals surface area contributed by atoms with E-state index in [0.717, 1.165) is 0 Å². The molecule has 0 fully saturated rings. The van der Waals surface area contributed by atoms with E-state index in [4.69, 9.17) is 22.1 Å². The number of nitrogen functional groups attached to an aromatic ring is 1. The average Bonchev–Trinajstić information content (AvgIpc) is 2.26. The topological polar surface area (TPSA) is 48.1 Å². The highest BCUT2D eigenvalue weighted by molar-refractivity contribution is 6.37. The van der Waals surface area contributed by atoms with E-state index in [-0.39, 0.29) is 5.75 Å². The first-order valence-electron chi connectivity index (χ1n) is 4.79. The summed E-state index contributed by atoms with van der Waals surface area (Å²) < 4.78 is 18.6. The van der Waals surface area contributed by atoms with Gasteiger partial charge in [0.15, 0.2) is 11.6 Å². The number of hydrogen-bond donors (Lipinski definition) is 1. The number of fused-ring (bicyclic) bond motifs is 1. The molecule has 0 atom stereocenters. The monoisotopic (exact) mass is 240 g/mol. The number of hydrogen-bond acceptors (Lipinski definition) is 3. The van der Waals surface area contributed by atoms with E-state index < -0.39 is 5.82 Å². The number of benzene rings is 1. The lowest BCUT2D eigenvalue weighted by atomic mass is 10.2.